The fraction of sp³-hybridized carbons (Fsp3) is 0.263. The molecular weight excluding hydrogens is 371 g/mol. The summed E-state index contributed by atoms with van der Waals surface area (Å²) < 4.78 is 47.4. The topological polar surface area (TPSA) is 54.8 Å². The highest BCUT2D eigenvalue weighted by Crippen LogP contribution is 2.31. The molecule has 0 amide bonds. The van der Waals surface area contributed by atoms with Gasteiger partial charge in [-0.3, -0.25) is 0 Å². The summed E-state index contributed by atoms with van der Waals surface area (Å²) in [6.45, 7) is 1.90. The second-order valence-corrected chi connectivity index (χ2v) is 6.48. The van der Waals surface area contributed by atoms with Gasteiger partial charge in [0.15, 0.2) is 6.20 Å². The number of methoxy groups -OCH3 is 1. The van der Waals surface area contributed by atoms with Gasteiger partial charge in [-0.05, 0) is 24.6 Å². The zero-order valence-electron chi connectivity index (χ0n) is 15.2. The normalized spacial score (nSPS) is 18.5. The predicted octanol–water partition coefficient (Wildman–Crippen LogP) is 3.95. The van der Waals surface area contributed by atoms with Gasteiger partial charge in [-0.15, -0.1) is 0 Å². The molecule has 0 aliphatic carbocycles. The number of aromatic nitrogens is 2. The Balaban J connectivity index is 1.57. The quantitative estimate of drug-likeness (QED) is 0.745. The maximum Gasteiger partial charge on any atom is 0.416 e. The van der Waals surface area contributed by atoms with Crippen LogP contribution in [0.5, 0.6) is 5.75 Å². The first kappa shape index (κ1) is 18.1. The predicted molar refractivity (Wildman–Crippen MR) is 95.7 cm³/mol. The third-order valence-corrected chi connectivity index (χ3v) is 4.44. The van der Waals surface area contributed by atoms with E-state index in [9.17, 15) is 13.2 Å². The van der Waals surface area contributed by atoms with E-state index >= 15 is 0 Å². The average molecular weight is 388 g/mol. The molecule has 0 N–H and O–H groups in total. The Hall–Kier alpha value is -3.23. The summed E-state index contributed by atoms with van der Waals surface area (Å²) in [6.07, 6.45) is 2.21. The van der Waals surface area contributed by atoms with E-state index in [4.69, 9.17) is 4.74 Å². The minimum absolute atomic E-state index is 0.385. The fourth-order valence-corrected chi connectivity index (χ4v) is 3.09. The highest BCUT2D eigenvalue weighted by molar-refractivity contribution is 5.85. The van der Waals surface area contributed by atoms with Crippen LogP contribution in [0.15, 0.2) is 64.8 Å². The first-order valence-corrected chi connectivity index (χ1v) is 8.55. The first-order chi connectivity index (χ1) is 13.3. The second-order valence-electron chi connectivity index (χ2n) is 6.48. The Morgan fingerprint density at radius 3 is 2.79 bits per heavy atom. The summed E-state index contributed by atoms with van der Waals surface area (Å²) in [7, 11) is 1.58. The summed E-state index contributed by atoms with van der Waals surface area (Å²) >= 11 is 0. The van der Waals surface area contributed by atoms with E-state index in [1.54, 1.807) is 13.4 Å². The number of rotatable bonds is 4. The van der Waals surface area contributed by atoms with Gasteiger partial charge >= 0.3 is 6.18 Å². The maximum atomic E-state index is 12.9. The molecule has 2 aliphatic rings. The lowest BCUT2D eigenvalue weighted by Crippen LogP contribution is -2.21. The van der Waals surface area contributed by atoms with Crippen molar-refractivity contribution in [3.8, 4) is 11.4 Å². The number of allylic oxidation sites excluding steroid dienone is 2. The Bertz CT molecular complexity index is 1050. The lowest BCUT2D eigenvalue weighted by molar-refractivity contribution is -0.542. The van der Waals surface area contributed by atoms with Crippen LogP contribution in [-0.2, 0) is 6.42 Å². The number of nitrogens with zero attached hydrogens (tertiary/aromatic N) is 5. The molecule has 0 saturated carbocycles. The highest BCUT2D eigenvalue weighted by atomic mass is 19.4. The summed E-state index contributed by atoms with van der Waals surface area (Å²) in [5.41, 5.74) is 1.91. The van der Waals surface area contributed by atoms with Crippen molar-refractivity contribution in [2.75, 3.05) is 7.11 Å². The number of aliphatic imine (C=N–C) groups is 1. The van der Waals surface area contributed by atoms with Gasteiger partial charge in [0.1, 0.15) is 5.75 Å². The number of hydrogen-bond donors (Lipinski definition) is 0. The van der Waals surface area contributed by atoms with E-state index in [0.717, 1.165) is 29.1 Å². The molecule has 2 aromatic rings. The molecule has 6 nitrogen and oxygen atoms in total. The van der Waals surface area contributed by atoms with Crippen molar-refractivity contribution in [2.45, 2.75) is 25.7 Å². The van der Waals surface area contributed by atoms with Crippen LogP contribution < -0.4 is 4.74 Å². The fourth-order valence-electron chi connectivity index (χ4n) is 3.09. The van der Waals surface area contributed by atoms with E-state index in [0.29, 0.717) is 18.0 Å². The molecule has 0 bridgehead atoms. The smallest absolute Gasteiger partial charge is 0.416 e. The van der Waals surface area contributed by atoms with Gasteiger partial charge in [-0.25, -0.2) is 4.98 Å². The molecule has 1 aromatic carbocycles. The number of azo groups is 2. The van der Waals surface area contributed by atoms with Gasteiger partial charge in [0.05, 0.1) is 30.4 Å². The average Bonchev–Trinajstić information content (AvgIpc) is 3.25. The van der Waals surface area contributed by atoms with Crippen LogP contribution in [0.3, 0.4) is 0 Å². The van der Waals surface area contributed by atoms with Crippen molar-refractivity contribution < 1.29 is 22.6 Å². The van der Waals surface area contributed by atoms with Crippen LogP contribution in [0, 0.1) is 6.92 Å². The molecule has 0 saturated heterocycles. The number of alkyl halides is 3. The van der Waals surface area contributed by atoms with E-state index in [1.165, 1.54) is 10.9 Å². The van der Waals surface area contributed by atoms with Crippen LogP contribution in [-0.4, -0.2) is 39.5 Å². The number of amidine groups is 1. The van der Waals surface area contributed by atoms with Gasteiger partial charge in [-0.2, -0.15) is 18.2 Å². The zero-order valence-corrected chi connectivity index (χ0v) is 15.2. The third-order valence-electron chi connectivity index (χ3n) is 4.44. The number of benzene rings is 1. The van der Waals surface area contributed by atoms with Crippen molar-refractivity contribution in [3.63, 3.8) is 0 Å². The van der Waals surface area contributed by atoms with Crippen molar-refractivity contribution in [2.24, 2.45) is 10.1 Å². The second kappa shape index (κ2) is 6.74. The Labute approximate surface area is 159 Å². The summed E-state index contributed by atoms with van der Waals surface area (Å²) in [5, 5.41) is 4.29. The number of hydrogen-bond acceptors (Lipinski definition) is 4. The van der Waals surface area contributed by atoms with E-state index in [2.05, 4.69) is 15.1 Å². The largest absolute Gasteiger partial charge is 0.495 e. The van der Waals surface area contributed by atoms with Gasteiger partial charge in [0.25, 0.3) is 6.17 Å². The molecule has 144 valence electrons. The summed E-state index contributed by atoms with van der Waals surface area (Å²) in [5.74, 6) is 1.12. The molecule has 4 rings (SSSR count). The van der Waals surface area contributed by atoms with Crippen molar-refractivity contribution in [1.82, 2.24) is 9.55 Å². The van der Waals surface area contributed by atoms with Crippen molar-refractivity contribution in [3.05, 3.63) is 65.9 Å². The van der Waals surface area contributed by atoms with Crippen LogP contribution >= 0.6 is 0 Å². The number of fused-ring (bicyclic) bond motifs is 1. The molecule has 0 spiro atoms. The Morgan fingerprint density at radius 2 is 2.11 bits per heavy atom. The molecule has 3 heterocycles. The van der Waals surface area contributed by atoms with Gasteiger partial charge < -0.3 is 9.30 Å². The third kappa shape index (κ3) is 3.47. The van der Waals surface area contributed by atoms with E-state index in [1.807, 2.05) is 35.9 Å². The summed E-state index contributed by atoms with van der Waals surface area (Å²) in [6, 6.07) is 5.68. The molecule has 1 unspecified atom stereocenters. The minimum atomic E-state index is -4.39. The zero-order chi connectivity index (χ0) is 19.9. The molecule has 28 heavy (non-hydrogen) atoms. The highest BCUT2D eigenvalue weighted by Gasteiger charge is 2.39. The van der Waals surface area contributed by atoms with Crippen LogP contribution in [0.2, 0.25) is 0 Å². The minimum Gasteiger partial charge on any atom is -0.495 e. The molecule has 2 aliphatic heterocycles. The first-order valence-electron chi connectivity index (χ1n) is 8.55. The standard InChI is InChI=1S/C19H17F3N5O/c1-12-10-26(11-23-12)15-4-3-13(7-16(15)28-2)8-17-24-18-9-14(19(20,21)22)5-6-27(18)25-17/h3-7,9-11,18H,8H2,1-2H3/q+1. The molecule has 0 radical (unpaired) electrons. The monoisotopic (exact) mass is 388 g/mol. The van der Waals surface area contributed by atoms with Crippen molar-refractivity contribution in [1.29, 1.82) is 0 Å². The lowest BCUT2D eigenvalue weighted by Gasteiger charge is -2.10. The Morgan fingerprint density at radius 1 is 1.29 bits per heavy atom. The van der Waals surface area contributed by atoms with Crippen LogP contribution in [0.25, 0.3) is 5.69 Å². The lowest BCUT2D eigenvalue weighted by atomic mass is 10.1. The van der Waals surface area contributed by atoms with Crippen LogP contribution in [0.4, 0.5) is 13.2 Å². The van der Waals surface area contributed by atoms with Crippen molar-refractivity contribution >= 4 is 5.84 Å². The van der Waals surface area contributed by atoms with E-state index in [-0.39, 0.29) is 0 Å². The maximum absolute atomic E-state index is 12.9. The van der Waals surface area contributed by atoms with Gasteiger partial charge in [-0.1, -0.05) is 10.8 Å². The molecule has 0 fully saturated rings. The summed E-state index contributed by atoms with van der Waals surface area (Å²) in [4.78, 5) is 8.52. The number of aryl methyl sites for hydroxylation is 1. The van der Waals surface area contributed by atoms with Crippen LogP contribution in [0.1, 0.15) is 11.3 Å². The molecule has 9 heteroatoms. The van der Waals surface area contributed by atoms with Gasteiger partial charge in [0.2, 0.25) is 5.84 Å². The number of halogens is 3. The number of ether oxygens (including phenoxy) is 1. The molecule has 1 aromatic heterocycles. The SMILES string of the molecule is COc1cc(CC2=NC3C=C(C(F)(F)F)C=C[N+]3=N2)ccc1-n1cnc(C)c1. The molecule has 1 atom stereocenters. The Kier molecular flexibility index (Phi) is 4.37. The van der Waals surface area contributed by atoms with E-state index < -0.39 is 17.9 Å². The molecular formula is C19H17F3N5O+. The number of imidazole rings is 1. The van der Waals surface area contributed by atoms with Gasteiger partial charge in [0, 0.05) is 29.9 Å².